The van der Waals surface area contributed by atoms with E-state index in [1.807, 2.05) is 0 Å². The third kappa shape index (κ3) is 3.76. The van der Waals surface area contributed by atoms with E-state index in [0.717, 1.165) is 19.4 Å². The van der Waals surface area contributed by atoms with E-state index in [9.17, 15) is 13.6 Å². The Hall–Kier alpha value is -1.49. The molecule has 110 valence electrons. The van der Waals surface area contributed by atoms with Gasteiger partial charge in [-0.15, -0.1) is 0 Å². The van der Waals surface area contributed by atoms with Crippen molar-refractivity contribution < 1.29 is 13.6 Å². The molecule has 1 heterocycles. The first-order valence-electron chi connectivity index (χ1n) is 7.02. The van der Waals surface area contributed by atoms with E-state index in [2.05, 4.69) is 10.6 Å². The SMILES string of the molecule is CC(Cc1c(F)cccc1F)NC(=O)[C@H]1CCCNC1. The van der Waals surface area contributed by atoms with Crippen LogP contribution in [-0.4, -0.2) is 25.0 Å². The molecule has 1 fully saturated rings. The highest BCUT2D eigenvalue weighted by Gasteiger charge is 2.22. The number of halogens is 2. The Morgan fingerprint density at radius 2 is 2.15 bits per heavy atom. The van der Waals surface area contributed by atoms with Crippen LogP contribution in [0.25, 0.3) is 0 Å². The summed E-state index contributed by atoms with van der Waals surface area (Å²) in [6, 6.07) is 3.51. The van der Waals surface area contributed by atoms with Crippen molar-refractivity contribution in [3.8, 4) is 0 Å². The Bertz CT molecular complexity index is 453. The summed E-state index contributed by atoms with van der Waals surface area (Å²) in [5.74, 6) is -1.21. The number of carbonyl (C=O) groups excluding carboxylic acids is 1. The van der Waals surface area contributed by atoms with Gasteiger partial charge in [0, 0.05) is 18.2 Å². The summed E-state index contributed by atoms with van der Waals surface area (Å²) in [6.45, 7) is 3.38. The number of piperidine rings is 1. The molecule has 0 bridgehead atoms. The highest BCUT2D eigenvalue weighted by Crippen LogP contribution is 2.15. The van der Waals surface area contributed by atoms with Crippen LogP contribution in [0.4, 0.5) is 8.78 Å². The summed E-state index contributed by atoms with van der Waals surface area (Å²) in [5.41, 5.74) is 0.0297. The fourth-order valence-corrected chi connectivity index (χ4v) is 2.52. The second kappa shape index (κ2) is 6.79. The van der Waals surface area contributed by atoms with E-state index >= 15 is 0 Å². The Labute approximate surface area is 117 Å². The van der Waals surface area contributed by atoms with Crippen LogP contribution in [-0.2, 0) is 11.2 Å². The molecule has 2 atom stereocenters. The van der Waals surface area contributed by atoms with Crippen LogP contribution in [0.3, 0.4) is 0 Å². The van der Waals surface area contributed by atoms with Crippen molar-refractivity contribution in [2.75, 3.05) is 13.1 Å². The van der Waals surface area contributed by atoms with Crippen molar-refractivity contribution in [1.82, 2.24) is 10.6 Å². The predicted octanol–water partition coefficient (Wildman–Crippen LogP) is 2.01. The van der Waals surface area contributed by atoms with Crippen LogP contribution < -0.4 is 10.6 Å². The smallest absolute Gasteiger partial charge is 0.224 e. The van der Waals surface area contributed by atoms with E-state index in [1.165, 1.54) is 18.2 Å². The Kier molecular flexibility index (Phi) is 5.06. The quantitative estimate of drug-likeness (QED) is 0.887. The second-order valence-corrected chi connectivity index (χ2v) is 5.36. The van der Waals surface area contributed by atoms with Gasteiger partial charge in [0.25, 0.3) is 0 Å². The maximum absolute atomic E-state index is 13.5. The lowest BCUT2D eigenvalue weighted by atomic mass is 9.98. The zero-order valence-corrected chi connectivity index (χ0v) is 11.6. The number of amides is 1. The van der Waals surface area contributed by atoms with Crippen LogP contribution >= 0.6 is 0 Å². The maximum atomic E-state index is 13.5. The first-order chi connectivity index (χ1) is 9.58. The lowest BCUT2D eigenvalue weighted by Gasteiger charge is -2.24. The zero-order valence-electron chi connectivity index (χ0n) is 11.6. The van der Waals surface area contributed by atoms with Crippen molar-refractivity contribution >= 4 is 5.91 Å². The van der Waals surface area contributed by atoms with Crippen LogP contribution in [0.15, 0.2) is 18.2 Å². The molecule has 1 aliphatic heterocycles. The average Bonchev–Trinajstić information content (AvgIpc) is 2.44. The molecule has 1 aromatic carbocycles. The normalized spacial score (nSPS) is 20.4. The summed E-state index contributed by atoms with van der Waals surface area (Å²) in [5, 5.41) is 6.02. The van der Waals surface area contributed by atoms with Crippen LogP contribution in [0.2, 0.25) is 0 Å². The van der Waals surface area contributed by atoms with Gasteiger partial charge >= 0.3 is 0 Å². The monoisotopic (exact) mass is 282 g/mol. The topological polar surface area (TPSA) is 41.1 Å². The lowest BCUT2D eigenvalue weighted by Crippen LogP contribution is -2.44. The molecule has 1 aromatic rings. The molecule has 0 saturated carbocycles. The molecule has 2 N–H and O–H groups in total. The van der Waals surface area contributed by atoms with Crippen molar-refractivity contribution in [2.45, 2.75) is 32.2 Å². The molecule has 1 unspecified atom stereocenters. The number of rotatable bonds is 4. The standard InChI is InChI=1S/C15H20F2N2O/c1-10(8-12-13(16)5-2-6-14(12)17)19-15(20)11-4-3-7-18-9-11/h2,5-6,10-11,18H,3-4,7-9H2,1H3,(H,19,20)/t10?,11-/m0/s1. The maximum Gasteiger partial charge on any atom is 0.224 e. The number of benzene rings is 1. The fourth-order valence-electron chi connectivity index (χ4n) is 2.52. The molecule has 3 nitrogen and oxygen atoms in total. The van der Waals surface area contributed by atoms with Gasteiger partial charge in [-0.2, -0.15) is 0 Å². The molecule has 2 rings (SSSR count). The molecule has 1 amide bonds. The fraction of sp³-hybridized carbons (Fsp3) is 0.533. The molecule has 0 aromatic heterocycles. The number of hydrogen-bond acceptors (Lipinski definition) is 2. The van der Waals surface area contributed by atoms with E-state index in [1.54, 1.807) is 6.92 Å². The van der Waals surface area contributed by atoms with Crippen LogP contribution in [0.5, 0.6) is 0 Å². The minimum Gasteiger partial charge on any atom is -0.353 e. The summed E-state index contributed by atoms with van der Waals surface area (Å²) in [7, 11) is 0. The largest absolute Gasteiger partial charge is 0.353 e. The zero-order chi connectivity index (χ0) is 14.5. The van der Waals surface area contributed by atoms with Gasteiger partial charge in [-0.1, -0.05) is 6.07 Å². The minimum atomic E-state index is -0.564. The van der Waals surface area contributed by atoms with Gasteiger partial charge in [0.1, 0.15) is 11.6 Å². The Morgan fingerprint density at radius 3 is 2.75 bits per heavy atom. The van der Waals surface area contributed by atoms with Crippen molar-refractivity contribution in [1.29, 1.82) is 0 Å². The average molecular weight is 282 g/mol. The van der Waals surface area contributed by atoms with Gasteiger partial charge in [0.15, 0.2) is 0 Å². The van der Waals surface area contributed by atoms with Crippen molar-refractivity contribution in [3.63, 3.8) is 0 Å². The van der Waals surface area contributed by atoms with Crippen LogP contribution in [0.1, 0.15) is 25.3 Å². The van der Waals surface area contributed by atoms with E-state index in [0.29, 0.717) is 6.54 Å². The number of nitrogens with one attached hydrogen (secondary N) is 2. The highest BCUT2D eigenvalue weighted by atomic mass is 19.1. The van der Waals surface area contributed by atoms with Crippen molar-refractivity contribution in [2.24, 2.45) is 5.92 Å². The third-order valence-electron chi connectivity index (χ3n) is 3.63. The summed E-state index contributed by atoms with van der Waals surface area (Å²) >= 11 is 0. The van der Waals surface area contributed by atoms with Gasteiger partial charge in [-0.05, 0) is 44.9 Å². The molecule has 0 radical (unpaired) electrons. The second-order valence-electron chi connectivity index (χ2n) is 5.36. The first kappa shape index (κ1) is 14.9. The minimum absolute atomic E-state index is 0.0297. The van der Waals surface area contributed by atoms with E-state index < -0.39 is 11.6 Å². The summed E-state index contributed by atoms with van der Waals surface area (Å²) in [6.07, 6.45) is 2.00. The molecular formula is C15H20F2N2O. The molecule has 1 saturated heterocycles. The van der Waals surface area contributed by atoms with Gasteiger partial charge < -0.3 is 10.6 Å². The first-order valence-corrected chi connectivity index (χ1v) is 7.02. The van der Waals surface area contributed by atoms with Gasteiger partial charge in [0.2, 0.25) is 5.91 Å². The highest BCUT2D eigenvalue weighted by molar-refractivity contribution is 5.79. The van der Waals surface area contributed by atoms with Gasteiger partial charge in [-0.25, -0.2) is 8.78 Å². The van der Waals surface area contributed by atoms with E-state index in [4.69, 9.17) is 0 Å². The van der Waals surface area contributed by atoms with E-state index in [-0.39, 0.29) is 29.9 Å². The lowest BCUT2D eigenvalue weighted by molar-refractivity contribution is -0.126. The molecule has 0 aliphatic carbocycles. The van der Waals surface area contributed by atoms with Crippen molar-refractivity contribution in [3.05, 3.63) is 35.4 Å². The predicted molar refractivity (Wildman–Crippen MR) is 73.3 cm³/mol. The Morgan fingerprint density at radius 1 is 1.45 bits per heavy atom. The summed E-state index contributed by atoms with van der Waals surface area (Å²) in [4.78, 5) is 12.0. The molecular weight excluding hydrogens is 262 g/mol. The number of hydrogen-bond donors (Lipinski definition) is 2. The Balaban J connectivity index is 1.91. The molecule has 0 spiro atoms. The molecule has 20 heavy (non-hydrogen) atoms. The van der Waals surface area contributed by atoms with Gasteiger partial charge in [-0.3, -0.25) is 4.79 Å². The molecule has 5 heteroatoms. The third-order valence-corrected chi connectivity index (χ3v) is 3.63. The van der Waals surface area contributed by atoms with Crippen LogP contribution in [0, 0.1) is 17.6 Å². The van der Waals surface area contributed by atoms with Gasteiger partial charge in [0.05, 0.1) is 5.92 Å². The molecule has 1 aliphatic rings. The number of carbonyl (C=O) groups is 1. The summed E-state index contributed by atoms with van der Waals surface area (Å²) < 4.78 is 27.1.